The Morgan fingerprint density at radius 1 is 1.47 bits per heavy atom. The molecule has 0 bridgehead atoms. The molecule has 1 rings (SSSR count). The van der Waals surface area contributed by atoms with Gasteiger partial charge in [-0.3, -0.25) is 0 Å². The zero-order valence-electron chi connectivity index (χ0n) is 7.91. The van der Waals surface area contributed by atoms with Gasteiger partial charge in [0, 0.05) is 0 Å². The fraction of sp³-hybridized carbons (Fsp3) is 0.714. The minimum absolute atomic E-state index is 0.0217. The number of hydrogen-bond acceptors (Lipinski definition) is 5. The third kappa shape index (κ3) is 4.26. The van der Waals surface area contributed by atoms with Gasteiger partial charge in [0.2, 0.25) is 11.8 Å². The Morgan fingerprint density at radius 2 is 2.13 bits per heavy atom. The van der Waals surface area contributed by atoms with Gasteiger partial charge in [-0.15, -0.1) is 10.2 Å². The number of alkyl halides is 3. The van der Waals surface area contributed by atoms with E-state index in [9.17, 15) is 13.2 Å². The highest BCUT2D eigenvalue weighted by atomic mass is 19.4. The Hall–Kier alpha value is -1.15. The summed E-state index contributed by atoms with van der Waals surface area (Å²) in [7, 11) is 0. The first-order valence-electron chi connectivity index (χ1n) is 4.11. The Balaban J connectivity index is 2.38. The van der Waals surface area contributed by atoms with Gasteiger partial charge in [-0.25, -0.2) is 0 Å². The predicted molar refractivity (Wildman–Crippen MR) is 42.6 cm³/mol. The van der Waals surface area contributed by atoms with Gasteiger partial charge in [-0.2, -0.15) is 13.2 Å². The van der Waals surface area contributed by atoms with Crippen molar-refractivity contribution in [3.05, 3.63) is 11.8 Å². The van der Waals surface area contributed by atoms with Crippen molar-refractivity contribution < 1.29 is 22.3 Å². The maximum Gasteiger partial charge on any atom is 0.411 e. The largest absolute Gasteiger partial charge is 0.421 e. The Kier molecular flexibility index (Phi) is 3.64. The standard InChI is InChI=1S/C7H10F3N3O2/c1-4(11)6-13-12-5(15-6)2-14-3-7(8,9)10/h4H,2-3,11H2,1H3. The van der Waals surface area contributed by atoms with Crippen LogP contribution in [0.2, 0.25) is 0 Å². The average Bonchev–Trinajstić information content (AvgIpc) is 2.50. The van der Waals surface area contributed by atoms with Crippen LogP contribution in [-0.4, -0.2) is 23.0 Å². The van der Waals surface area contributed by atoms with Crippen LogP contribution in [-0.2, 0) is 11.3 Å². The van der Waals surface area contributed by atoms with E-state index < -0.39 is 18.8 Å². The van der Waals surface area contributed by atoms with Gasteiger partial charge in [0.05, 0.1) is 6.04 Å². The summed E-state index contributed by atoms with van der Waals surface area (Å²) >= 11 is 0. The minimum atomic E-state index is -4.36. The summed E-state index contributed by atoms with van der Waals surface area (Å²) in [5.41, 5.74) is 5.41. The molecular formula is C7H10F3N3O2. The predicted octanol–water partition coefficient (Wildman–Crippen LogP) is 1.17. The van der Waals surface area contributed by atoms with Crippen LogP contribution >= 0.6 is 0 Å². The van der Waals surface area contributed by atoms with Crippen LogP contribution in [0.25, 0.3) is 0 Å². The van der Waals surface area contributed by atoms with Crippen molar-refractivity contribution in [2.24, 2.45) is 5.73 Å². The van der Waals surface area contributed by atoms with Crippen LogP contribution in [0.3, 0.4) is 0 Å². The van der Waals surface area contributed by atoms with Gasteiger partial charge in [0.15, 0.2) is 0 Å². The van der Waals surface area contributed by atoms with Crippen LogP contribution < -0.4 is 5.73 Å². The first-order valence-corrected chi connectivity index (χ1v) is 4.11. The molecule has 2 N–H and O–H groups in total. The van der Waals surface area contributed by atoms with Gasteiger partial charge in [0.25, 0.3) is 0 Å². The SMILES string of the molecule is CC(N)c1nnc(COCC(F)(F)F)o1. The first kappa shape index (κ1) is 11.9. The van der Waals surface area contributed by atoms with E-state index in [0.717, 1.165) is 0 Å². The van der Waals surface area contributed by atoms with Crippen LogP contribution in [0.15, 0.2) is 4.42 Å². The summed E-state index contributed by atoms with van der Waals surface area (Å²) in [5, 5.41) is 7.00. The highest BCUT2D eigenvalue weighted by Crippen LogP contribution is 2.15. The molecule has 0 radical (unpaired) electrons. The molecule has 0 aromatic carbocycles. The second-order valence-corrected chi connectivity index (χ2v) is 2.93. The first-order chi connectivity index (χ1) is 6.88. The maximum absolute atomic E-state index is 11.7. The van der Waals surface area contributed by atoms with Crippen molar-refractivity contribution >= 4 is 0 Å². The Labute approximate surface area is 83.4 Å². The molecule has 0 aliphatic carbocycles. The monoisotopic (exact) mass is 225 g/mol. The molecule has 86 valence electrons. The van der Waals surface area contributed by atoms with Gasteiger partial charge in [0.1, 0.15) is 13.2 Å². The van der Waals surface area contributed by atoms with Crippen LogP contribution in [0.1, 0.15) is 24.7 Å². The lowest BCUT2D eigenvalue weighted by Gasteiger charge is -2.04. The second kappa shape index (κ2) is 4.58. The number of hydrogen-bond donors (Lipinski definition) is 1. The number of nitrogens with zero attached hydrogens (tertiary/aromatic N) is 2. The highest BCUT2D eigenvalue weighted by molar-refractivity contribution is 4.85. The number of rotatable bonds is 4. The maximum atomic E-state index is 11.7. The Morgan fingerprint density at radius 3 is 2.60 bits per heavy atom. The summed E-state index contributed by atoms with van der Waals surface area (Å²) < 4.78 is 44.3. The van der Waals surface area contributed by atoms with E-state index in [-0.39, 0.29) is 18.4 Å². The van der Waals surface area contributed by atoms with Crippen LogP contribution in [0.4, 0.5) is 13.2 Å². The van der Waals surface area contributed by atoms with Gasteiger partial charge in [-0.1, -0.05) is 0 Å². The topological polar surface area (TPSA) is 74.2 Å². The minimum Gasteiger partial charge on any atom is -0.421 e. The van der Waals surface area contributed by atoms with E-state index in [2.05, 4.69) is 14.9 Å². The normalized spacial score (nSPS) is 14.2. The highest BCUT2D eigenvalue weighted by Gasteiger charge is 2.27. The summed E-state index contributed by atoms with van der Waals surface area (Å²) in [6.07, 6.45) is -4.36. The summed E-state index contributed by atoms with van der Waals surface area (Å²) in [6.45, 7) is -0.101. The zero-order chi connectivity index (χ0) is 11.5. The smallest absolute Gasteiger partial charge is 0.411 e. The van der Waals surface area contributed by atoms with Gasteiger partial charge in [-0.05, 0) is 6.92 Å². The molecule has 1 aromatic rings. The van der Waals surface area contributed by atoms with Gasteiger partial charge < -0.3 is 14.9 Å². The Bertz CT molecular complexity index is 311. The number of halogens is 3. The van der Waals surface area contributed by atoms with E-state index in [1.54, 1.807) is 6.92 Å². The fourth-order valence-corrected chi connectivity index (χ4v) is 0.763. The lowest BCUT2D eigenvalue weighted by atomic mass is 10.4. The van der Waals surface area contributed by atoms with E-state index in [0.29, 0.717) is 0 Å². The van der Waals surface area contributed by atoms with Crippen LogP contribution in [0.5, 0.6) is 0 Å². The van der Waals surface area contributed by atoms with E-state index in [1.807, 2.05) is 0 Å². The molecule has 0 aliphatic rings. The van der Waals surface area contributed by atoms with Crippen molar-refractivity contribution in [1.29, 1.82) is 0 Å². The molecule has 5 nitrogen and oxygen atoms in total. The molecule has 1 unspecified atom stereocenters. The number of nitrogens with two attached hydrogens (primary N) is 1. The summed E-state index contributed by atoms with van der Waals surface area (Å²) in [4.78, 5) is 0. The average molecular weight is 225 g/mol. The molecule has 1 heterocycles. The van der Waals surface area contributed by atoms with Gasteiger partial charge >= 0.3 is 6.18 Å². The molecule has 0 saturated carbocycles. The molecule has 0 spiro atoms. The molecular weight excluding hydrogens is 215 g/mol. The lowest BCUT2D eigenvalue weighted by molar-refractivity contribution is -0.177. The van der Waals surface area contributed by atoms with Crippen molar-refractivity contribution in [2.45, 2.75) is 25.7 Å². The van der Waals surface area contributed by atoms with Crippen molar-refractivity contribution in [3.8, 4) is 0 Å². The van der Waals surface area contributed by atoms with E-state index in [4.69, 9.17) is 10.2 Å². The molecule has 0 fully saturated rings. The molecule has 8 heteroatoms. The fourth-order valence-electron chi connectivity index (χ4n) is 0.763. The summed E-state index contributed by atoms with van der Waals surface area (Å²) in [5.74, 6) is 0.146. The number of aromatic nitrogens is 2. The quantitative estimate of drug-likeness (QED) is 0.832. The molecule has 0 aliphatic heterocycles. The lowest BCUT2D eigenvalue weighted by Crippen LogP contribution is -2.16. The molecule has 0 saturated heterocycles. The zero-order valence-corrected chi connectivity index (χ0v) is 7.91. The molecule has 0 amide bonds. The molecule has 1 aromatic heterocycles. The summed E-state index contributed by atoms with van der Waals surface area (Å²) in [6, 6.07) is -0.450. The van der Waals surface area contributed by atoms with Crippen molar-refractivity contribution in [2.75, 3.05) is 6.61 Å². The van der Waals surface area contributed by atoms with E-state index in [1.165, 1.54) is 0 Å². The second-order valence-electron chi connectivity index (χ2n) is 2.93. The number of ether oxygens (including phenoxy) is 1. The van der Waals surface area contributed by atoms with Crippen LogP contribution in [0, 0.1) is 0 Å². The third-order valence-corrected chi connectivity index (χ3v) is 1.36. The van der Waals surface area contributed by atoms with Crippen molar-refractivity contribution in [3.63, 3.8) is 0 Å². The third-order valence-electron chi connectivity index (χ3n) is 1.36. The molecule has 1 atom stereocenters. The van der Waals surface area contributed by atoms with Crippen molar-refractivity contribution in [1.82, 2.24) is 10.2 Å². The van der Waals surface area contributed by atoms with E-state index >= 15 is 0 Å². The molecule has 15 heavy (non-hydrogen) atoms.